The van der Waals surface area contributed by atoms with E-state index in [4.69, 9.17) is 23.8 Å². The number of halogens is 2. The van der Waals surface area contributed by atoms with Crippen LogP contribution in [0.2, 0.25) is 5.02 Å². The number of benzene rings is 3. The molecular formula is C25H20BrClN2S. The number of fused-ring (bicyclic) bond motifs is 2. The van der Waals surface area contributed by atoms with Crippen molar-refractivity contribution in [3.63, 3.8) is 0 Å². The highest BCUT2D eigenvalue weighted by Gasteiger charge is 2.22. The molecule has 0 fully saturated rings. The van der Waals surface area contributed by atoms with Crippen LogP contribution < -0.4 is 0 Å². The molecule has 0 atom stereocenters. The second kappa shape index (κ2) is 8.18. The topological polar surface area (TPSA) is 8.17 Å². The molecule has 2 nitrogen and oxygen atoms in total. The second-order valence-electron chi connectivity index (χ2n) is 7.67. The Hall–Kier alpha value is -2.14. The average Bonchev–Trinajstić information content (AvgIpc) is 3.12. The monoisotopic (exact) mass is 494 g/mol. The molecular weight excluding hydrogens is 476 g/mol. The molecule has 1 aliphatic heterocycles. The molecule has 2 heterocycles. The van der Waals surface area contributed by atoms with E-state index in [1.54, 1.807) is 0 Å². The predicted molar refractivity (Wildman–Crippen MR) is 132 cm³/mol. The minimum Gasteiger partial charge on any atom is -0.358 e. The van der Waals surface area contributed by atoms with Crippen molar-refractivity contribution in [2.45, 2.75) is 19.5 Å². The van der Waals surface area contributed by atoms with Crippen molar-refractivity contribution in [3.05, 3.63) is 105 Å². The Labute approximate surface area is 195 Å². The van der Waals surface area contributed by atoms with Crippen LogP contribution in [0, 0.1) is 0 Å². The summed E-state index contributed by atoms with van der Waals surface area (Å²) in [6.07, 6.45) is 3.21. The Morgan fingerprint density at radius 3 is 2.60 bits per heavy atom. The first-order valence-electron chi connectivity index (χ1n) is 9.98. The first kappa shape index (κ1) is 19.8. The molecule has 0 unspecified atom stereocenters. The Kier molecular flexibility index (Phi) is 5.40. The molecule has 0 aliphatic carbocycles. The highest BCUT2D eigenvalue weighted by molar-refractivity contribution is 9.10. The number of nitrogens with zero attached hydrogens (tertiary/aromatic N) is 2. The van der Waals surface area contributed by atoms with Gasteiger partial charge in [-0.25, -0.2) is 0 Å². The van der Waals surface area contributed by atoms with E-state index in [2.05, 4.69) is 80.1 Å². The van der Waals surface area contributed by atoms with E-state index >= 15 is 0 Å². The van der Waals surface area contributed by atoms with Gasteiger partial charge in [0.1, 0.15) is 4.99 Å². The van der Waals surface area contributed by atoms with Crippen molar-refractivity contribution in [1.82, 2.24) is 9.47 Å². The number of hydrogen-bond acceptors (Lipinski definition) is 1. The molecule has 30 heavy (non-hydrogen) atoms. The SMILES string of the molecule is S=C(c1cn(Cc2ccccc2Cl)c2ccc(Br)cc12)N1CCc2ccccc2C1. The van der Waals surface area contributed by atoms with Crippen molar-refractivity contribution >= 4 is 55.6 Å². The number of hydrogen-bond donors (Lipinski definition) is 0. The fraction of sp³-hybridized carbons (Fsp3) is 0.160. The van der Waals surface area contributed by atoms with E-state index in [1.807, 2.05) is 18.2 Å². The highest BCUT2D eigenvalue weighted by Crippen LogP contribution is 2.30. The maximum atomic E-state index is 6.43. The normalized spacial score (nSPS) is 13.5. The van der Waals surface area contributed by atoms with Gasteiger partial charge < -0.3 is 9.47 Å². The Balaban J connectivity index is 1.53. The lowest BCUT2D eigenvalue weighted by molar-refractivity contribution is 0.401. The zero-order valence-corrected chi connectivity index (χ0v) is 19.5. The molecule has 5 heteroatoms. The fourth-order valence-corrected chi connectivity index (χ4v) is 5.10. The first-order valence-corrected chi connectivity index (χ1v) is 11.6. The van der Waals surface area contributed by atoms with Gasteiger partial charge in [0.05, 0.1) is 0 Å². The highest BCUT2D eigenvalue weighted by atomic mass is 79.9. The van der Waals surface area contributed by atoms with Gasteiger partial charge in [-0.15, -0.1) is 0 Å². The van der Waals surface area contributed by atoms with E-state index in [0.29, 0.717) is 6.54 Å². The zero-order valence-electron chi connectivity index (χ0n) is 16.3. The minimum atomic E-state index is 0.712. The summed E-state index contributed by atoms with van der Waals surface area (Å²) in [4.78, 5) is 3.23. The van der Waals surface area contributed by atoms with Gasteiger partial charge in [0.15, 0.2) is 0 Å². The summed E-state index contributed by atoms with van der Waals surface area (Å²) < 4.78 is 3.31. The lowest BCUT2D eigenvalue weighted by Crippen LogP contribution is -2.35. The number of rotatable bonds is 3. The Bertz CT molecular complexity index is 1260. The molecule has 0 spiro atoms. The van der Waals surface area contributed by atoms with E-state index in [1.165, 1.54) is 16.5 Å². The van der Waals surface area contributed by atoms with Gasteiger partial charge in [-0.3, -0.25) is 0 Å². The molecule has 0 amide bonds. The van der Waals surface area contributed by atoms with Crippen LogP contribution in [0.15, 0.2) is 77.4 Å². The van der Waals surface area contributed by atoms with Crippen LogP contribution >= 0.6 is 39.7 Å². The van der Waals surface area contributed by atoms with Gasteiger partial charge in [0, 0.05) is 51.8 Å². The quantitative estimate of drug-likeness (QED) is 0.288. The standard InChI is InChI=1S/C25H20BrClN2S/c26-20-9-10-24-21(13-20)22(16-29(24)15-19-7-3-4-8-23(19)27)25(30)28-12-11-17-5-1-2-6-18(17)14-28/h1-10,13,16H,11-12,14-15H2. The van der Waals surface area contributed by atoms with Crippen molar-refractivity contribution in [3.8, 4) is 0 Å². The van der Waals surface area contributed by atoms with Crippen LogP contribution in [0.4, 0.5) is 0 Å². The largest absolute Gasteiger partial charge is 0.358 e. The summed E-state index contributed by atoms with van der Waals surface area (Å²) in [5, 5.41) is 1.95. The molecule has 150 valence electrons. The van der Waals surface area contributed by atoms with Gasteiger partial charge in [0.25, 0.3) is 0 Å². The van der Waals surface area contributed by atoms with Crippen LogP contribution in [0.25, 0.3) is 10.9 Å². The molecule has 3 aromatic carbocycles. The van der Waals surface area contributed by atoms with Crippen LogP contribution in [0.1, 0.15) is 22.3 Å². The van der Waals surface area contributed by atoms with Crippen LogP contribution in [0.3, 0.4) is 0 Å². The molecule has 5 rings (SSSR count). The molecule has 0 radical (unpaired) electrons. The minimum absolute atomic E-state index is 0.712. The zero-order chi connectivity index (χ0) is 20.7. The molecule has 0 saturated heterocycles. The van der Waals surface area contributed by atoms with Crippen molar-refractivity contribution < 1.29 is 0 Å². The lowest BCUT2D eigenvalue weighted by Gasteiger charge is -2.30. The first-order chi connectivity index (χ1) is 14.6. The average molecular weight is 496 g/mol. The van der Waals surface area contributed by atoms with Crippen LogP contribution in [0.5, 0.6) is 0 Å². The molecule has 4 aromatic rings. The Morgan fingerprint density at radius 2 is 1.77 bits per heavy atom. The van der Waals surface area contributed by atoms with Gasteiger partial charge in [0.2, 0.25) is 0 Å². The van der Waals surface area contributed by atoms with Gasteiger partial charge in [-0.05, 0) is 47.4 Å². The number of thiocarbonyl (C=S) groups is 1. The van der Waals surface area contributed by atoms with Gasteiger partial charge in [-0.2, -0.15) is 0 Å². The smallest absolute Gasteiger partial charge is 0.111 e. The van der Waals surface area contributed by atoms with Gasteiger partial charge in [-0.1, -0.05) is 82.2 Å². The van der Waals surface area contributed by atoms with E-state index in [0.717, 1.165) is 50.6 Å². The van der Waals surface area contributed by atoms with E-state index < -0.39 is 0 Å². The summed E-state index contributed by atoms with van der Waals surface area (Å²) >= 11 is 16.1. The molecule has 0 saturated carbocycles. The third-order valence-electron chi connectivity index (χ3n) is 5.79. The van der Waals surface area contributed by atoms with Crippen molar-refractivity contribution in [2.75, 3.05) is 6.54 Å². The van der Waals surface area contributed by atoms with Gasteiger partial charge >= 0.3 is 0 Å². The van der Waals surface area contributed by atoms with E-state index in [9.17, 15) is 0 Å². The maximum Gasteiger partial charge on any atom is 0.111 e. The third-order valence-corrected chi connectivity index (χ3v) is 7.13. The summed E-state index contributed by atoms with van der Waals surface area (Å²) in [5.41, 5.74) is 6.16. The second-order valence-corrected chi connectivity index (χ2v) is 9.38. The summed E-state index contributed by atoms with van der Waals surface area (Å²) in [6.45, 7) is 2.52. The Morgan fingerprint density at radius 1 is 1.00 bits per heavy atom. The summed E-state index contributed by atoms with van der Waals surface area (Å²) in [5.74, 6) is 0. The van der Waals surface area contributed by atoms with E-state index in [-0.39, 0.29) is 0 Å². The molecule has 0 N–H and O–H groups in total. The number of aromatic nitrogens is 1. The van der Waals surface area contributed by atoms with Crippen molar-refractivity contribution in [1.29, 1.82) is 0 Å². The molecule has 1 aromatic heterocycles. The summed E-state index contributed by atoms with van der Waals surface area (Å²) in [7, 11) is 0. The summed E-state index contributed by atoms with van der Waals surface area (Å²) in [6, 6.07) is 23.1. The maximum absolute atomic E-state index is 6.43. The molecule has 1 aliphatic rings. The third kappa shape index (κ3) is 3.68. The molecule has 0 bridgehead atoms. The fourth-order valence-electron chi connectivity index (χ4n) is 4.22. The van der Waals surface area contributed by atoms with Crippen LogP contribution in [-0.2, 0) is 19.5 Å². The van der Waals surface area contributed by atoms with Crippen molar-refractivity contribution in [2.24, 2.45) is 0 Å². The lowest BCUT2D eigenvalue weighted by atomic mass is 9.99. The predicted octanol–water partition coefficient (Wildman–Crippen LogP) is 6.84. The van der Waals surface area contributed by atoms with Crippen LogP contribution in [-0.4, -0.2) is 21.0 Å².